The fourth-order valence-corrected chi connectivity index (χ4v) is 3.57. The number of nitrogens with zero attached hydrogens (tertiary/aromatic N) is 3. The lowest BCUT2D eigenvalue weighted by Gasteiger charge is -2.07. The van der Waals surface area contributed by atoms with Gasteiger partial charge in [0, 0.05) is 5.56 Å². The van der Waals surface area contributed by atoms with Crippen molar-refractivity contribution in [1.82, 2.24) is 10.2 Å². The molecule has 5 nitrogen and oxygen atoms in total. The SMILES string of the molecule is O=C1c2ccccc2C(=O)N1c1nnc(-c2ccccc2Cl)s1. The summed E-state index contributed by atoms with van der Waals surface area (Å²) in [6, 6.07) is 13.9. The Hall–Kier alpha value is -2.57. The minimum atomic E-state index is -0.382. The third-order valence-corrected chi connectivity index (χ3v) is 4.78. The first-order chi connectivity index (χ1) is 11.2. The van der Waals surface area contributed by atoms with Crippen LogP contribution in [0.4, 0.5) is 5.13 Å². The highest BCUT2D eigenvalue weighted by Gasteiger charge is 2.38. The Morgan fingerprint density at radius 2 is 1.39 bits per heavy atom. The van der Waals surface area contributed by atoms with E-state index in [0.29, 0.717) is 21.2 Å². The molecule has 0 bridgehead atoms. The summed E-state index contributed by atoms with van der Waals surface area (Å²) in [7, 11) is 0. The van der Waals surface area contributed by atoms with Gasteiger partial charge < -0.3 is 0 Å². The summed E-state index contributed by atoms with van der Waals surface area (Å²) in [5, 5.41) is 9.39. The molecule has 0 saturated carbocycles. The van der Waals surface area contributed by atoms with Crippen LogP contribution in [0.5, 0.6) is 0 Å². The molecule has 0 N–H and O–H groups in total. The summed E-state index contributed by atoms with van der Waals surface area (Å²) in [4.78, 5) is 25.9. The number of amides is 2. The van der Waals surface area contributed by atoms with E-state index in [9.17, 15) is 9.59 Å². The van der Waals surface area contributed by atoms with Gasteiger partial charge in [0.25, 0.3) is 11.8 Å². The van der Waals surface area contributed by atoms with Gasteiger partial charge in [-0.15, -0.1) is 10.2 Å². The lowest BCUT2D eigenvalue weighted by molar-refractivity contribution is 0.0926. The molecule has 2 amide bonds. The fourth-order valence-electron chi connectivity index (χ4n) is 2.41. The molecule has 2 aromatic carbocycles. The van der Waals surface area contributed by atoms with Crippen LogP contribution in [-0.4, -0.2) is 22.0 Å². The number of hydrogen-bond donors (Lipinski definition) is 0. The molecule has 0 unspecified atom stereocenters. The van der Waals surface area contributed by atoms with Crippen molar-refractivity contribution >= 4 is 39.9 Å². The van der Waals surface area contributed by atoms with Crippen LogP contribution < -0.4 is 4.90 Å². The van der Waals surface area contributed by atoms with Crippen LogP contribution in [0.25, 0.3) is 10.6 Å². The van der Waals surface area contributed by atoms with Gasteiger partial charge in [0.05, 0.1) is 16.1 Å². The molecule has 7 heteroatoms. The van der Waals surface area contributed by atoms with Gasteiger partial charge in [-0.25, -0.2) is 4.90 Å². The molecule has 0 radical (unpaired) electrons. The Kier molecular flexibility index (Phi) is 3.21. The zero-order valence-corrected chi connectivity index (χ0v) is 13.1. The van der Waals surface area contributed by atoms with Gasteiger partial charge >= 0.3 is 0 Å². The Labute approximate surface area is 140 Å². The van der Waals surface area contributed by atoms with Crippen molar-refractivity contribution in [3.8, 4) is 10.6 Å². The number of carbonyl (C=O) groups excluding carboxylic acids is 2. The maximum atomic E-state index is 12.4. The van der Waals surface area contributed by atoms with Crippen LogP contribution in [-0.2, 0) is 0 Å². The molecule has 112 valence electrons. The van der Waals surface area contributed by atoms with Crippen LogP contribution in [0.2, 0.25) is 5.02 Å². The van der Waals surface area contributed by atoms with Crippen molar-refractivity contribution in [2.45, 2.75) is 0 Å². The predicted molar refractivity (Wildman–Crippen MR) is 87.9 cm³/mol. The van der Waals surface area contributed by atoms with Gasteiger partial charge in [-0.2, -0.15) is 0 Å². The molecule has 0 aliphatic carbocycles. The van der Waals surface area contributed by atoms with Crippen LogP contribution in [0.1, 0.15) is 20.7 Å². The number of benzene rings is 2. The highest BCUT2D eigenvalue weighted by Crippen LogP contribution is 2.36. The Balaban J connectivity index is 1.75. The lowest BCUT2D eigenvalue weighted by Crippen LogP contribution is -2.29. The second kappa shape index (κ2) is 5.26. The smallest absolute Gasteiger partial charge is 0.268 e. The topological polar surface area (TPSA) is 63.2 Å². The number of fused-ring (bicyclic) bond motifs is 1. The average molecular weight is 342 g/mol. The molecule has 2 heterocycles. The predicted octanol–water partition coefficient (Wildman–Crippen LogP) is 3.66. The third-order valence-electron chi connectivity index (χ3n) is 3.50. The fraction of sp³-hybridized carbons (Fsp3) is 0. The van der Waals surface area contributed by atoms with E-state index in [1.165, 1.54) is 0 Å². The minimum Gasteiger partial charge on any atom is -0.268 e. The molecule has 0 spiro atoms. The minimum absolute atomic E-state index is 0.242. The summed E-state index contributed by atoms with van der Waals surface area (Å²) < 4.78 is 0. The molecular formula is C16H8ClN3O2S. The molecule has 1 aromatic heterocycles. The highest BCUT2D eigenvalue weighted by atomic mass is 35.5. The van der Waals surface area contributed by atoms with Gasteiger partial charge in [-0.1, -0.05) is 53.3 Å². The number of rotatable bonds is 2. The van der Waals surface area contributed by atoms with Crippen LogP contribution in [0, 0.1) is 0 Å². The van der Waals surface area contributed by atoms with Gasteiger partial charge in [0.2, 0.25) is 5.13 Å². The molecular weight excluding hydrogens is 334 g/mol. The van der Waals surface area contributed by atoms with Crippen molar-refractivity contribution in [2.24, 2.45) is 0 Å². The van der Waals surface area contributed by atoms with Gasteiger partial charge in [-0.05, 0) is 18.2 Å². The first kappa shape index (κ1) is 14.0. The molecule has 4 rings (SSSR count). The van der Waals surface area contributed by atoms with Gasteiger partial charge in [-0.3, -0.25) is 9.59 Å². The number of carbonyl (C=O) groups is 2. The van der Waals surface area contributed by atoms with Crippen molar-refractivity contribution in [3.63, 3.8) is 0 Å². The zero-order valence-electron chi connectivity index (χ0n) is 11.6. The first-order valence-corrected chi connectivity index (χ1v) is 7.92. The van der Waals surface area contributed by atoms with Crippen molar-refractivity contribution in [1.29, 1.82) is 0 Å². The summed E-state index contributed by atoms with van der Waals surface area (Å²) in [5.74, 6) is -0.764. The van der Waals surface area contributed by atoms with E-state index in [2.05, 4.69) is 10.2 Å². The van der Waals surface area contributed by atoms with E-state index in [1.807, 2.05) is 18.2 Å². The molecule has 3 aromatic rings. The maximum Gasteiger partial charge on any atom is 0.268 e. The molecule has 1 aliphatic heterocycles. The summed E-state index contributed by atoms with van der Waals surface area (Å²) in [6.07, 6.45) is 0. The third kappa shape index (κ3) is 2.15. The Morgan fingerprint density at radius 1 is 0.826 bits per heavy atom. The highest BCUT2D eigenvalue weighted by molar-refractivity contribution is 7.19. The number of hydrogen-bond acceptors (Lipinski definition) is 5. The largest absolute Gasteiger partial charge is 0.268 e. The van der Waals surface area contributed by atoms with E-state index >= 15 is 0 Å². The molecule has 0 atom stereocenters. The monoisotopic (exact) mass is 341 g/mol. The van der Waals surface area contributed by atoms with Crippen molar-refractivity contribution < 1.29 is 9.59 Å². The maximum absolute atomic E-state index is 12.4. The Bertz CT molecular complexity index is 919. The summed E-state index contributed by atoms with van der Waals surface area (Å²) >= 11 is 7.30. The molecule has 0 fully saturated rings. The van der Waals surface area contributed by atoms with Crippen molar-refractivity contribution in [2.75, 3.05) is 4.90 Å². The summed E-state index contributed by atoms with van der Waals surface area (Å²) in [5.41, 5.74) is 1.48. The molecule has 1 aliphatic rings. The lowest BCUT2D eigenvalue weighted by atomic mass is 10.1. The Morgan fingerprint density at radius 3 is 2.00 bits per heavy atom. The van der Waals surface area contributed by atoms with Crippen LogP contribution >= 0.6 is 22.9 Å². The van der Waals surface area contributed by atoms with Crippen LogP contribution in [0.15, 0.2) is 48.5 Å². The van der Waals surface area contributed by atoms with Crippen LogP contribution in [0.3, 0.4) is 0 Å². The normalized spacial score (nSPS) is 13.5. The van der Waals surface area contributed by atoms with E-state index in [1.54, 1.807) is 30.3 Å². The number of imide groups is 1. The van der Waals surface area contributed by atoms with Gasteiger partial charge in [0.15, 0.2) is 5.01 Å². The molecule has 23 heavy (non-hydrogen) atoms. The van der Waals surface area contributed by atoms with E-state index in [4.69, 9.17) is 11.6 Å². The van der Waals surface area contributed by atoms with E-state index < -0.39 is 0 Å². The van der Waals surface area contributed by atoms with E-state index in [0.717, 1.165) is 21.8 Å². The zero-order chi connectivity index (χ0) is 16.0. The second-order valence-corrected chi connectivity index (χ2v) is 6.22. The number of aromatic nitrogens is 2. The second-order valence-electron chi connectivity index (χ2n) is 4.86. The first-order valence-electron chi connectivity index (χ1n) is 6.73. The average Bonchev–Trinajstić information content (AvgIpc) is 3.13. The van der Waals surface area contributed by atoms with E-state index in [-0.39, 0.29) is 16.9 Å². The molecule has 0 saturated heterocycles. The number of anilines is 1. The summed E-state index contributed by atoms with van der Waals surface area (Å²) in [6.45, 7) is 0. The number of halogens is 1. The van der Waals surface area contributed by atoms with Crippen molar-refractivity contribution in [3.05, 3.63) is 64.7 Å². The van der Waals surface area contributed by atoms with Gasteiger partial charge in [0.1, 0.15) is 0 Å². The quantitative estimate of drug-likeness (QED) is 0.667. The standard InChI is InChI=1S/C16H8ClN3O2S/c17-12-8-4-3-7-11(12)13-18-19-16(23-13)20-14(21)9-5-1-2-6-10(9)15(20)22/h1-8H.